The molecule has 2 aliphatic heterocycles. The molecule has 1 spiro atoms. The molecule has 0 aliphatic carbocycles. The van der Waals surface area contributed by atoms with E-state index in [0.29, 0.717) is 5.41 Å². The van der Waals surface area contributed by atoms with Crippen LogP contribution in [0.15, 0.2) is 35.7 Å². The summed E-state index contributed by atoms with van der Waals surface area (Å²) in [5.74, 6) is 2.73. The molecule has 3 heterocycles. The van der Waals surface area contributed by atoms with Crippen molar-refractivity contribution in [2.75, 3.05) is 46.2 Å². The number of nitrogens with zero attached hydrogens (tertiary/aromatic N) is 2. The van der Waals surface area contributed by atoms with Crippen LogP contribution < -0.4 is 19.3 Å². The van der Waals surface area contributed by atoms with Gasteiger partial charge in [0.05, 0.1) is 51.4 Å². The molecule has 7 heteroatoms. The second-order valence-corrected chi connectivity index (χ2v) is 10.3. The van der Waals surface area contributed by atoms with Gasteiger partial charge in [0, 0.05) is 24.4 Å². The SMILES string of the molecule is CCSc1ncc(C[NH+]2CCC3(CCC[NH+](Cc4cccc(OC)c4OC)C3)C2)cn1. The van der Waals surface area contributed by atoms with Gasteiger partial charge >= 0.3 is 0 Å². The number of piperidine rings is 1. The van der Waals surface area contributed by atoms with Gasteiger partial charge in [-0.25, -0.2) is 9.97 Å². The Hall–Kier alpha value is -1.83. The largest absolute Gasteiger partial charge is 0.493 e. The molecule has 0 saturated carbocycles. The van der Waals surface area contributed by atoms with Crippen molar-refractivity contribution < 1.29 is 19.3 Å². The fourth-order valence-corrected chi connectivity index (χ4v) is 6.04. The molecule has 4 rings (SSSR count). The Morgan fingerprint density at radius 3 is 2.48 bits per heavy atom. The molecule has 3 atom stereocenters. The van der Waals surface area contributed by atoms with Gasteiger partial charge in [-0.1, -0.05) is 24.8 Å². The fourth-order valence-electron chi connectivity index (χ4n) is 5.52. The van der Waals surface area contributed by atoms with Crippen LogP contribution in [0, 0.1) is 5.41 Å². The van der Waals surface area contributed by atoms with Gasteiger partial charge in [-0.3, -0.25) is 0 Å². The molecule has 0 amide bonds. The highest BCUT2D eigenvalue weighted by Crippen LogP contribution is 2.32. The molecule has 3 unspecified atom stereocenters. The molecule has 2 saturated heterocycles. The highest BCUT2D eigenvalue weighted by molar-refractivity contribution is 7.99. The third kappa shape index (κ3) is 5.33. The van der Waals surface area contributed by atoms with E-state index in [2.05, 4.69) is 29.0 Å². The van der Waals surface area contributed by atoms with E-state index in [9.17, 15) is 0 Å². The highest BCUT2D eigenvalue weighted by atomic mass is 32.2. The summed E-state index contributed by atoms with van der Waals surface area (Å²) in [6, 6.07) is 6.23. The number of methoxy groups -OCH3 is 2. The van der Waals surface area contributed by atoms with Crippen molar-refractivity contribution in [2.24, 2.45) is 5.41 Å². The van der Waals surface area contributed by atoms with Crippen molar-refractivity contribution in [3.8, 4) is 11.5 Å². The summed E-state index contributed by atoms with van der Waals surface area (Å²) >= 11 is 1.70. The second-order valence-electron chi connectivity index (χ2n) is 9.02. The Bertz CT molecular complexity index is 863. The number of thioether (sulfide) groups is 1. The Kier molecular flexibility index (Phi) is 7.35. The van der Waals surface area contributed by atoms with E-state index >= 15 is 0 Å². The quantitative estimate of drug-likeness (QED) is 0.474. The number of aromatic nitrogens is 2. The average Bonchev–Trinajstić information content (AvgIpc) is 3.16. The number of hydrogen-bond donors (Lipinski definition) is 2. The maximum absolute atomic E-state index is 5.68. The molecule has 6 nitrogen and oxygen atoms in total. The van der Waals surface area contributed by atoms with Crippen LogP contribution in [0.25, 0.3) is 0 Å². The summed E-state index contributed by atoms with van der Waals surface area (Å²) in [6.45, 7) is 9.18. The molecule has 2 fully saturated rings. The third-order valence-electron chi connectivity index (χ3n) is 6.83. The van der Waals surface area contributed by atoms with E-state index in [0.717, 1.165) is 35.5 Å². The number of hydrogen-bond acceptors (Lipinski definition) is 5. The minimum Gasteiger partial charge on any atom is -0.493 e. The predicted octanol–water partition coefficient (Wildman–Crippen LogP) is 1.26. The molecule has 0 radical (unpaired) electrons. The number of rotatable bonds is 8. The van der Waals surface area contributed by atoms with Crippen LogP contribution in [0.5, 0.6) is 11.5 Å². The maximum Gasteiger partial charge on any atom is 0.187 e. The van der Waals surface area contributed by atoms with Gasteiger partial charge < -0.3 is 19.3 Å². The first-order valence-electron chi connectivity index (χ1n) is 11.5. The number of quaternary nitrogens is 2. The molecule has 2 aromatic rings. The van der Waals surface area contributed by atoms with Gasteiger partial charge in [-0.2, -0.15) is 0 Å². The van der Waals surface area contributed by atoms with Crippen molar-refractivity contribution in [3.05, 3.63) is 41.7 Å². The average molecular weight is 445 g/mol. The van der Waals surface area contributed by atoms with Gasteiger partial charge in [0.2, 0.25) is 0 Å². The van der Waals surface area contributed by atoms with E-state index in [1.807, 2.05) is 18.5 Å². The van der Waals surface area contributed by atoms with Crippen LogP contribution in [-0.2, 0) is 13.1 Å². The van der Waals surface area contributed by atoms with Crippen LogP contribution in [0.3, 0.4) is 0 Å². The van der Waals surface area contributed by atoms with Crippen LogP contribution in [0.4, 0.5) is 0 Å². The van der Waals surface area contributed by atoms with Gasteiger partial charge in [0.1, 0.15) is 13.1 Å². The van der Waals surface area contributed by atoms with Crippen molar-refractivity contribution in [1.29, 1.82) is 0 Å². The van der Waals surface area contributed by atoms with Crippen LogP contribution in [0.2, 0.25) is 0 Å². The molecule has 31 heavy (non-hydrogen) atoms. The first kappa shape index (κ1) is 22.4. The molecule has 2 aliphatic rings. The van der Waals surface area contributed by atoms with Crippen molar-refractivity contribution in [3.63, 3.8) is 0 Å². The molecule has 1 aromatic carbocycles. The molecule has 0 bridgehead atoms. The Morgan fingerprint density at radius 2 is 1.77 bits per heavy atom. The molecular weight excluding hydrogens is 408 g/mol. The smallest absolute Gasteiger partial charge is 0.187 e. The Morgan fingerprint density at radius 1 is 1.00 bits per heavy atom. The number of ether oxygens (including phenoxy) is 2. The minimum atomic E-state index is 0.466. The lowest BCUT2D eigenvalue weighted by Crippen LogP contribution is -3.14. The number of para-hydroxylation sites is 1. The summed E-state index contributed by atoms with van der Waals surface area (Å²) < 4.78 is 11.2. The highest BCUT2D eigenvalue weighted by Gasteiger charge is 2.46. The zero-order valence-electron chi connectivity index (χ0n) is 19.1. The van der Waals surface area contributed by atoms with E-state index in [4.69, 9.17) is 9.47 Å². The fraction of sp³-hybridized carbons (Fsp3) is 0.583. The van der Waals surface area contributed by atoms with E-state index in [-0.39, 0.29) is 0 Å². The zero-order valence-corrected chi connectivity index (χ0v) is 19.9. The zero-order chi connectivity index (χ0) is 21.7. The lowest BCUT2D eigenvalue weighted by atomic mass is 9.79. The van der Waals surface area contributed by atoms with Crippen molar-refractivity contribution >= 4 is 11.8 Å². The summed E-state index contributed by atoms with van der Waals surface area (Å²) in [5, 5.41) is 0.888. The van der Waals surface area contributed by atoms with Crippen LogP contribution in [0.1, 0.15) is 37.3 Å². The number of benzene rings is 1. The summed E-state index contributed by atoms with van der Waals surface area (Å²) in [5.41, 5.74) is 2.97. The second kappa shape index (κ2) is 10.2. The summed E-state index contributed by atoms with van der Waals surface area (Å²) in [6.07, 6.45) is 8.04. The number of likely N-dealkylation sites (tertiary alicyclic amines) is 2. The Balaban J connectivity index is 1.37. The normalized spacial score (nSPS) is 25.6. The standard InChI is InChI=1S/C24H34N4O2S/c1-4-31-23-25-13-19(14-26-23)15-28-12-10-24(18-28)9-6-11-27(17-24)16-20-7-5-8-21(29-2)22(20)30-3/h5,7-8,13-14H,4,6,9-12,15-18H2,1-3H3/p+2. The van der Waals surface area contributed by atoms with Crippen LogP contribution >= 0.6 is 11.8 Å². The summed E-state index contributed by atoms with van der Waals surface area (Å²) in [7, 11) is 3.45. The van der Waals surface area contributed by atoms with Crippen molar-refractivity contribution in [1.82, 2.24) is 9.97 Å². The number of nitrogens with one attached hydrogen (secondary N) is 2. The lowest BCUT2D eigenvalue weighted by molar-refractivity contribution is -0.937. The van der Waals surface area contributed by atoms with E-state index < -0.39 is 0 Å². The molecular formula is C24H36N4O2S+2. The maximum atomic E-state index is 5.68. The molecule has 2 N–H and O–H groups in total. The lowest BCUT2D eigenvalue weighted by Gasteiger charge is -2.36. The first-order chi connectivity index (χ1) is 15.1. The minimum absolute atomic E-state index is 0.466. The molecule has 168 valence electrons. The van der Waals surface area contributed by atoms with Crippen LogP contribution in [-0.4, -0.2) is 56.1 Å². The summed E-state index contributed by atoms with van der Waals surface area (Å²) in [4.78, 5) is 12.4. The molecule has 1 aromatic heterocycles. The van der Waals surface area contributed by atoms with Crippen molar-refractivity contribution in [2.45, 2.75) is 44.4 Å². The van der Waals surface area contributed by atoms with Gasteiger partial charge in [-0.05, 0) is 30.7 Å². The van der Waals surface area contributed by atoms with E-state index in [1.165, 1.54) is 56.6 Å². The topological polar surface area (TPSA) is 53.1 Å². The Labute approximate surface area is 190 Å². The third-order valence-corrected chi connectivity index (χ3v) is 7.59. The van der Waals surface area contributed by atoms with Gasteiger partial charge in [0.25, 0.3) is 0 Å². The van der Waals surface area contributed by atoms with Gasteiger partial charge in [-0.15, -0.1) is 0 Å². The first-order valence-corrected chi connectivity index (χ1v) is 12.4. The predicted molar refractivity (Wildman–Crippen MR) is 123 cm³/mol. The monoisotopic (exact) mass is 444 g/mol. The van der Waals surface area contributed by atoms with Gasteiger partial charge in [0.15, 0.2) is 16.7 Å². The van der Waals surface area contributed by atoms with E-state index in [1.54, 1.807) is 35.8 Å².